The molecule has 2 rings (SSSR count). The summed E-state index contributed by atoms with van der Waals surface area (Å²) in [6, 6.07) is 6.68. The topological polar surface area (TPSA) is 12.0 Å². The molecule has 1 nitrogen and oxygen atoms in total. The zero-order valence-corrected chi connectivity index (χ0v) is 12.5. The number of rotatable bonds is 5. The molecule has 19 heavy (non-hydrogen) atoms. The van der Waals surface area contributed by atoms with Gasteiger partial charge in [-0.15, -0.1) is 0 Å². The van der Waals surface area contributed by atoms with Gasteiger partial charge in [0.1, 0.15) is 0 Å². The van der Waals surface area contributed by atoms with Crippen LogP contribution >= 0.6 is 0 Å². The van der Waals surface area contributed by atoms with Crippen LogP contribution in [-0.4, -0.2) is 6.54 Å². The smallest absolute Gasteiger partial charge is 0.0410 e. The lowest BCUT2D eigenvalue weighted by Gasteiger charge is -2.21. The van der Waals surface area contributed by atoms with Crippen LogP contribution in [-0.2, 0) is 0 Å². The quantitative estimate of drug-likeness (QED) is 0.773. The Morgan fingerprint density at radius 1 is 0.947 bits per heavy atom. The average Bonchev–Trinajstić information content (AvgIpc) is 2.88. The van der Waals surface area contributed by atoms with Gasteiger partial charge in [0.2, 0.25) is 0 Å². The summed E-state index contributed by atoms with van der Waals surface area (Å²) in [4.78, 5) is 0. The van der Waals surface area contributed by atoms with Crippen molar-refractivity contribution in [3.8, 4) is 0 Å². The molecule has 1 aromatic rings. The maximum absolute atomic E-state index is 3.68. The van der Waals surface area contributed by atoms with Crippen molar-refractivity contribution < 1.29 is 0 Å². The number of hydrogen-bond donors (Lipinski definition) is 1. The number of anilines is 1. The second kappa shape index (κ2) is 6.10. The van der Waals surface area contributed by atoms with E-state index in [4.69, 9.17) is 0 Å². The minimum atomic E-state index is 0.528. The summed E-state index contributed by atoms with van der Waals surface area (Å²) in [5.74, 6) is 1.63. The van der Waals surface area contributed by atoms with E-state index in [-0.39, 0.29) is 0 Å². The highest BCUT2D eigenvalue weighted by Crippen LogP contribution is 2.32. The van der Waals surface area contributed by atoms with Crippen LogP contribution < -0.4 is 5.32 Å². The zero-order valence-electron chi connectivity index (χ0n) is 12.5. The van der Waals surface area contributed by atoms with E-state index in [0.29, 0.717) is 17.8 Å². The molecule has 0 amide bonds. The third-order valence-electron chi connectivity index (χ3n) is 3.72. The van der Waals surface area contributed by atoms with Crippen molar-refractivity contribution in [2.75, 3.05) is 11.9 Å². The molecule has 0 spiro atoms. The van der Waals surface area contributed by atoms with Crippen LogP contribution in [0.25, 0.3) is 0 Å². The van der Waals surface area contributed by atoms with Crippen molar-refractivity contribution in [3.05, 3.63) is 53.6 Å². The molecular formula is C18H25N. The van der Waals surface area contributed by atoms with Gasteiger partial charge in [-0.1, -0.05) is 70.2 Å². The minimum absolute atomic E-state index is 0.528. The Morgan fingerprint density at radius 3 is 1.95 bits per heavy atom. The average molecular weight is 255 g/mol. The van der Waals surface area contributed by atoms with Crippen molar-refractivity contribution >= 4 is 5.69 Å². The standard InChI is InChI=1S/C18H25N/c1-13(2)16-10-7-11-17(14(3)4)18(16)19-12-15-8-5-6-9-15/h5-11,13-15,19H,12H2,1-4H3. The van der Waals surface area contributed by atoms with Gasteiger partial charge in [0.05, 0.1) is 0 Å². The van der Waals surface area contributed by atoms with Gasteiger partial charge < -0.3 is 5.32 Å². The van der Waals surface area contributed by atoms with Crippen molar-refractivity contribution in [2.24, 2.45) is 5.92 Å². The Balaban J connectivity index is 2.24. The normalized spacial score (nSPS) is 14.8. The van der Waals surface area contributed by atoms with Crippen LogP contribution in [0, 0.1) is 5.92 Å². The van der Waals surface area contributed by atoms with E-state index in [0.717, 1.165) is 6.54 Å². The molecule has 1 heteroatoms. The summed E-state index contributed by atoms with van der Waals surface area (Å²) >= 11 is 0. The predicted molar refractivity (Wildman–Crippen MR) is 84.9 cm³/mol. The maximum Gasteiger partial charge on any atom is 0.0410 e. The fourth-order valence-corrected chi connectivity index (χ4v) is 2.59. The minimum Gasteiger partial charge on any atom is -0.384 e. The van der Waals surface area contributed by atoms with E-state index >= 15 is 0 Å². The SMILES string of the molecule is CC(C)c1cccc(C(C)C)c1NCC1C=CC=C1. The number of para-hydroxylation sites is 1. The maximum atomic E-state index is 3.68. The Hall–Kier alpha value is -1.50. The van der Waals surface area contributed by atoms with Gasteiger partial charge in [0.15, 0.2) is 0 Å². The largest absolute Gasteiger partial charge is 0.384 e. The lowest BCUT2D eigenvalue weighted by atomic mass is 9.92. The number of benzene rings is 1. The Labute approximate surface area is 117 Å². The first-order valence-electron chi connectivity index (χ1n) is 7.31. The molecular weight excluding hydrogens is 230 g/mol. The third kappa shape index (κ3) is 3.28. The van der Waals surface area contributed by atoms with Crippen molar-refractivity contribution in [1.29, 1.82) is 0 Å². The number of nitrogens with one attached hydrogen (secondary N) is 1. The van der Waals surface area contributed by atoms with Gasteiger partial charge in [-0.25, -0.2) is 0 Å². The molecule has 1 aromatic carbocycles. The summed E-state index contributed by atoms with van der Waals surface area (Å²) in [6.45, 7) is 10.0. The predicted octanol–water partition coefficient (Wildman–Crippen LogP) is 5.09. The molecule has 0 unspecified atom stereocenters. The van der Waals surface area contributed by atoms with E-state index in [1.807, 2.05) is 0 Å². The van der Waals surface area contributed by atoms with Crippen LogP contribution in [0.2, 0.25) is 0 Å². The fourth-order valence-electron chi connectivity index (χ4n) is 2.59. The zero-order chi connectivity index (χ0) is 13.8. The van der Waals surface area contributed by atoms with E-state index in [1.54, 1.807) is 0 Å². The molecule has 102 valence electrons. The van der Waals surface area contributed by atoms with Crippen LogP contribution in [0.1, 0.15) is 50.7 Å². The van der Waals surface area contributed by atoms with E-state index in [9.17, 15) is 0 Å². The molecule has 0 heterocycles. The van der Waals surface area contributed by atoms with Crippen LogP contribution in [0.15, 0.2) is 42.5 Å². The monoisotopic (exact) mass is 255 g/mol. The van der Waals surface area contributed by atoms with Gasteiger partial charge in [-0.05, 0) is 23.0 Å². The first kappa shape index (κ1) is 13.9. The van der Waals surface area contributed by atoms with Crippen LogP contribution in [0.3, 0.4) is 0 Å². The first-order chi connectivity index (χ1) is 9.09. The number of hydrogen-bond acceptors (Lipinski definition) is 1. The highest BCUT2D eigenvalue weighted by Gasteiger charge is 2.14. The fraction of sp³-hybridized carbons (Fsp3) is 0.444. The van der Waals surface area contributed by atoms with Gasteiger partial charge in [-0.3, -0.25) is 0 Å². The van der Waals surface area contributed by atoms with E-state index in [1.165, 1.54) is 16.8 Å². The van der Waals surface area contributed by atoms with Crippen LogP contribution in [0.5, 0.6) is 0 Å². The highest BCUT2D eigenvalue weighted by atomic mass is 14.9. The molecule has 1 aliphatic rings. The second-order valence-corrected chi connectivity index (χ2v) is 5.94. The molecule has 0 aromatic heterocycles. The van der Waals surface area contributed by atoms with Crippen molar-refractivity contribution in [3.63, 3.8) is 0 Å². The van der Waals surface area contributed by atoms with Gasteiger partial charge in [-0.2, -0.15) is 0 Å². The molecule has 0 saturated carbocycles. The molecule has 0 atom stereocenters. The van der Waals surface area contributed by atoms with Crippen LogP contribution in [0.4, 0.5) is 5.69 Å². The summed E-state index contributed by atoms with van der Waals surface area (Å²) in [5, 5.41) is 3.68. The van der Waals surface area contributed by atoms with E-state index in [2.05, 4.69) is 75.5 Å². The highest BCUT2D eigenvalue weighted by molar-refractivity contribution is 5.60. The van der Waals surface area contributed by atoms with Crippen molar-refractivity contribution in [2.45, 2.75) is 39.5 Å². The Kier molecular flexibility index (Phi) is 4.47. The molecule has 0 aliphatic heterocycles. The molecule has 1 N–H and O–H groups in total. The molecule has 0 radical (unpaired) electrons. The molecule has 0 bridgehead atoms. The van der Waals surface area contributed by atoms with Crippen molar-refractivity contribution in [1.82, 2.24) is 0 Å². The lowest BCUT2D eigenvalue weighted by molar-refractivity contribution is 0.816. The first-order valence-corrected chi connectivity index (χ1v) is 7.31. The Morgan fingerprint density at radius 2 is 1.47 bits per heavy atom. The van der Waals surface area contributed by atoms with Gasteiger partial charge in [0, 0.05) is 18.2 Å². The second-order valence-electron chi connectivity index (χ2n) is 5.94. The van der Waals surface area contributed by atoms with E-state index < -0.39 is 0 Å². The Bertz CT molecular complexity index is 442. The molecule has 0 fully saturated rings. The molecule has 1 aliphatic carbocycles. The lowest BCUT2D eigenvalue weighted by Crippen LogP contribution is -2.13. The number of allylic oxidation sites excluding steroid dienone is 2. The molecule has 0 saturated heterocycles. The summed E-state index contributed by atoms with van der Waals surface area (Å²) in [5.41, 5.74) is 4.20. The van der Waals surface area contributed by atoms with Gasteiger partial charge >= 0.3 is 0 Å². The summed E-state index contributed by atoms with van der Waals surface area (Å²) in [7, 11) is 0. The third-order valence-corrected chi connectivity index (χ3v) is 3.72. The van der Waals surface area contributed by atoms with Gasteiger partial charge in [0.25, 0.3) is 0 Å². The summed E-state index contributed by atoms with van der Waals surface area (Å²) in [6.07, 6.45) is 8.76. The summed E-state index contributed by atoms with van der Waals surface area (Å²) < 4.78 is 0.